The van der Waals surface area contributed by atoms with Crippen molar-refractivity contribution in [1.29, 1.82) is 0 Å². The first-order valence-electron chi connectivity index (χ1n) is 7.82. The summed E-state index contributed by atoms with van der Waals surface area (Å²) in [7, 11) is 0. The van der Waals surface area contributed by atoms with Gasteiger partial charge in [-0.2, -0.15) is 0 Å². The van der Waals surface area contributed by atoms with Gasteiger partial charge in [0.2, 0.25) is 5.91 Å². The van der Waals surface area contributed by atoms with Crippen LogP contribution < -0.4 is 5.32 Å². The second-order valence-corrected chi connectivity index (χ2v) is 5.76. The lowest BCUT2D eigenvalue weighted by atomic mass is 9.94. The number of aryl methyl sites for hydroxylation is 1. The Balaban J connectivity index is 1.84. The van der Waals surface area contributed by atoms with Crippen LogP contribution in [0.15, 0.2) is 18.5 Å². The topological polar surface area (TPSA) is 67.2 Å². The van der Waals surface area contributed by atoms with Crippen LogP contribution in [0.2, 0.25) is 0 Å². The van der Waals surface area contributed by atoms with E-state index in [0.717, 1.165) is 38.1 Å². The Morgan fingerprint density at radius 3 is 2.81 bits per heavy atom. The lowest BCUT2D eigenvalue weighted by molar-refractivity contribution is -0.117. The van der Waals surface area contributed by atoms with Gasteiger partial charge in [-0.3, -0.25) is 4.79 Å². The molecule has 21 heavy (non-hydrogen) atoms. The number of amides is 1. The fourth-order valence-corrected chi connectivity index (χ4v) is 2.77. The minimum Gasteiger partial charge on any atom is -0.388 e. The molecule has 1 fully saturated rings. The molecule has 2 N–H and O–H groups in total. The summed E-state index contributed by atoms with van der Waals surface area (Å²) < 4.78 is 1.96. The van der Waals surface area contributed by atoms with Gasteiger partial charge in [-0.15, -0.1) is 0 Å². The Morgan fingerprint density at radius 1 is 1.43 bits per heavy atom. The smallest absolute Gasteiger partial charge is 0.244 e. The van der Waals surface area contributed by atoms with Crippen LogP contribution in [0.4, 0.5) is 0 Å². The summed E-state index contributed by atoms with van der Waals surface area (Å²) in [5.41, 5.74) is -0.734. The van der Waals surface area contributed by atoms with Crippen LogP contribution in [0, 0.1) is 0 Å². The number of carbonyl (C=O) groups is 1. The van der Waals surface area contributed by atoms with Crippen molar-refractivity contribution in [2.24, 2.45) is 0 Å². The van der Waals surface area contributed by atoms with E-state index in [2.05, 4.69) is 10.3 Å². The Hall–Kier alpha value is -1.62. The largest absolute Gasteiger partial charge is 0.388 e. The van der Waals surface area contributed by atoms with Crippen molar-refractivity contribution < 1.29 is 9.90 Å². The third-order valence-electron chi connectivity index (χ3n) is 4.10. The van der Waals surface area contributed by atoms with E-state index in [4.69, 9.17) is 0 Å². The molecule has 1 heterocycles. The molecule has 0 spiro atoms. The highest BCUT2D eigenvalue weighted by Gasteiger charge is 2.27. The van der Waals surface area contributed by atoms with Gasteiger partial charge in [0, 0.05) is 31.6 Å². The average molecular weight is 291 g/mol. The van der Waals surface area contributed by atoms with Crippen LogP contribution in [-0.2, 0) is 11.3 Å². The van der Waals surface area contributed by atoms with Crippen LogP contribution in [0.5, 0.6) is 0 Å². The lowest BCUT2D eigenvalue weighted by Crippen LogP contribution is -2.42. The second-order valence-electron chi connectivity index (χ2n) is 5.76. The number of nitrogens with zero attached hydrogens (tertiary/aromatic N) is 2. The number of aromatic nitrogens is 2. The molecule has 0 aromatic carbocycles. The zero-order chi connectivity index (χ0) is 15.1. The molecule has 5 nitrogen and oxygen atoms in total. The van der Waals surface area contributed by atoms with Crippen LogP contribution in [0.25, 0.3) is 6.08 Å². The molecule has 1 aromatic heterocycles. The van der Waals surface area contributed by atoms with Crippen LogP contribution >= 0.6 is 0 Å². The van der Waals surface area contributed by atoms with Gasteiger partial charge in [-0.1, -0.05) is 25.7 Å². The molecular weight excluding hydrogens is 266 g/mol. The quantitative estimate of drug-likeness (QED) is 0.645. The number of aliphatic hydroxyl groups is 1. The van der Waals surface area contributed by atoms with Gasteiger partial charge in [0.05, 0.1) is 5.60 Å². The Morgan fingerprint density at radius 2 is 2.14 bits per heavy atom. The van der Waals surface area contributed by atoms with Crippen molar-refractivity contribution in [2.45, 2.75) is 57.6 Å². The standard InChI is InChI=1S/C16H25N3O2/c1-2-19-12-11-17-14(19)7-8-15(20)18-13-16(21)9-5-3-4-6-10-16/h7-8,11-12,21H,2-6,9-10,13H2,1H3,(H,18,20)/b8-7+. The minimum absolute atomic E-state index is 0.182. The second kappa shape index (κ2) is 7.41. The van der Waals surface area contributed by atoms with E-state index in [9.17, 15) is 9.90 Å². The zero-order valence-corrected chi connectivity index (χ0v) is 12.7. The number of imidazole rings is 1. The van der Waals surface area contributed by atoms with Crippen molar-refractivity contribution in [3.05, 3.63) is 24.3 Å². The highest BCUT2D eigenvalue weighted by molar-refractivity contribution is 5.91. The van der Waals surface area contributed by atoms with Crippen molar-refractivity contribution in [1.82, 2.24) is 14.9 Å². The van der Waals surface area contributed by atoms with Crippen molar-refractivity contribution >= 4 is 12.0 Å². The number of hydrogen-bond donors (Lipinski definition) is 2. The number of hydrogen-bond acceptors (Lipinski definition) is 3. The molecule has 1 aromatic rings. The first-order chi connectivity index (χ1) is 10.1. The monoisotopic (exact) mass is 291 g/mol. The summed E-state index contributed by atoms with van der Waals surface area (Å²) in [5.74, 6) is 0.583. The Bertz CT molecular complexity index is 485. The van der Waals surface area contributed by atoms with E-state index >= 15 is 0 Å². The van der Waals surface area contributed by atoms with Crippen LogP contribution in [0.1, 0.15) is 51.3 Å². The molecular formula is C16H25N3O2. The van der Waals surface area contributed by atoms with E-state index in [0.29, 0.717) is 6.54 Å². The number of nitrogens with one attached hydrogen (secondary N) is 1. The summed E-state index contributed by atoms with van der Waals surface area (Å²) in [6, 6.07) is 0. The van der Waals surface area contributed by atoms with Crippen LogP contribution in [-0.4, -0.2) is 32.7 Å². The van der Waals surface area contributed by atoms with Gasteiger partial charge in [-0.25, -0.2) is 4.98 Å². The SMILES string of the molecule is CCn1ccnc1/C=C/C(=O)NCC1(O)CCCCCC1. The van der Waals surface area contributed by atoms with Gasteiger partial charge < -0.3 is 15.0 Å². The summed E-state index contributed by atoms with van der Waals surface area (Å²) in [6.45, 7) is 3.18. The maximum Gasteiger partial charge on any atom is 0.244 e. The van der Waals surface area contributed by atoms with E-state index in [1.54, 1.807) is 12.3 Å². The molecule has 116 valence electrons. The first kappa shape index (κ1) is 15.8. The molecule has 0 atom stereocenters. The third-order valence-corrected chi connectivity index (χ3v) is 4.10. The van der Waals surface area contributed by atoms with Crippen LogP contribution in [0.3, 0.4) is 0 Å². The zero-order valence-electron chi connectivity index (χ0n) is 12.7. The lowest BCUT2D eigenvalue weighted by Gasteiger charge is -2.26. The van der Waals surface area contributed by atoms with Gasteiger partial charge >= 0.3 is 0 Å². The Labute approximate surface area is 126 Å². The average Bonchev–Trinajstić information content (AvgIpc) is 2.83. The molecule has 1 aliphatic rings. The molecule has 1 saturated carbocycles. The molecule has 1 amide bonds. The molecule has 0 aliphatic heterocycles. The van der Waals surface area contributed by atoms with E-state index in [1.165, 1.54) is 18.9 Å². The first-order valence-corrected chi connectivity index (χ1v) is 7.82. The summed E-state index contributed by atoms with van der Waals surface area (Å²) >= 11 is 0. The van der Waals surface area contributed by atoms with Gasteiger partial charge in [0.25, 0.3) is 0 Å². The summed E-state index contributed by atoms with van der Waals surface area (Å²) in [5, 5.41) is 13.3. The fraction of sp³-hybridized carbons (Fsp3) is 0.625. The molecule has 0 bridgehead atoms. The summed E-state index contributed by atoms with van der Waals surface area (Å²) in [4.78, 5) is 16.0. The third kappa shape index (κ3) is 4.70. The molecule has 0 saturated heterocycles. The van der Waals surface area contributed by atoms with Gasteiger partial charge in [-0.05, 0) is 25.8 Å². The van der Waals surface area contributed by atoms with Gasteiger partial charge in [0.1, 0.15) is 5.82 Å². The molecule has 0 unspecified atom stereocenters. The van der Waals surface area contributed by atoms with E-state index in [1.807, 2.05) is 17.7 Å². The molecule has 5 heteroatoms. The molecule has 0 radical (unpaired) electrons. The fourth-order valence-electron chi connectivity index (χ4n) is 2.77. The molecule has 1 aliphatic carbocycles. The maximum absolute atomic E-state index is 11.9. The predicted molar refractivity (Wildman–Crippen MR) is 82.6 cm³/mol. The van der Waals surface area contributed by atoms with Crippen molar-refractivity contribution in [3.63, 3.8) is 0 Å². The minimum atomic E-state index is -0.734. The van der Waals surface area contributed by atoms with Crippen molar-refractivity contribution in [3.8, 4) is 0 Å². The van der Waals surface area contributed by atoms with E-state index in [-0.39, 0.29) is 5.91 Å². The highest BCUT2D eigenvalue weighted by atomic mass is 16.3. The number of rotatable bonds is 5. The molecule has 2 rings (SSSR count). The predicted octanol–water partition coefficient (Wildman–Crippen LogP) is 2.12. The maximum atomic E-state index is 11.9. The number of carbonyl (C=O) groups excluding carboxylic acids is 1. The normalized spacial score (nSPS) is 18.6. The summed E-state index contributed by atoms with van der Waals surface area (Å²) in [6.07, 6.45) is 12.8. The highest BCUT2D eigenvalue weighted by Crippen LogP contribution is 2.26. The Kier molecular flexibility index (Phi) is 5.56. The van der Waals surface area contributed by atoms with Crippen molar-refractivity contribution in [2.75, 3.05) is 6.54 Å². The van der Waals surface area contributed by atoms with E-state index < -0.39 is 5.60 Å². The van der Waals surface area contributed by atoms with Gasteiger partial charge in [0.15, 0.2) is 0 Å².